The van der Waals surface area contributed by atoms with Gasteiger partial charge in [-0.1, -0.05) is 154 Å². The molecule has 180 valence electrons. The first-order valence-electron chi connectivity index (χ1n) is 14.0. The molecule has 0 saturated heterocycles. The van der Waals surface area contributed by atoms with Crippen LogP contribution in [0.3, 0.4) is 0 Å². The van der Waals surface area contributed by atoms with Crippen LogP contribution in [0.4, 0.5) is 0 Å². The van der Waals surface area contributed by atoms with E-state index >= 15 is 0 Å². The zero-order valence-corrected chi connectivity index (χ0v) is 22.5. The molecule has 0 aromatic heterocycles. The van der Waals surface area contributed by atoms with Crippen molar-refractivity contribution in [1.82, 2.24) is 0 Å². The van der Waals surface area contributed by atoms with Crippen molar-refractivity contribution >= 4 is 0 Å². The van der Waals surface area contributed by atoms with Crippen LogP contribution < -0.4 is 0 Å². The molecule has 0 aliphatic heterocycles. The molecule has 0 fully saturated rings. The fraction of sp³-hybridized carbons (Fsp3) is 0.933. The molecule has 1 unspecified atom stereocenters. The van der Waals surface area contributed by atoms with Gasteiger partial charge in [0.05, 0.1) is 0 Å². The highest BCUT2D eigenvalue weighted by Gasteiger charge is 2.27. The molecule has 0 bridgehead atoms. The van der Waals surface area contributed by atoms with Crippen molar-refractivity contribution in [3.05, 3.63) is 11.1 Å². The van der Waals surface area contributed by atoms with E-state index in [2.05, 4.69) is 48.5 Å². The molecule has 0 radical (unpaired) electrons. The topological polar surface area (TPSA) is 0 Å². The maximum absolute atomic E-state index is 2.46. The molecule has 0 heteroatoms. The Bertz CT molecular complexity index is 396. The van der Waals surface area contributed by atoms with E-state index in [-0.39, 0.29) is 0 Å². The molecule has 0 aromatic carbocycles. The molecule has 0 aliphatic rings. The third-order valence-electron chi connectivity index (χ3n) is 7.94. The van der Waals surface area contributed by atoms with Crippen molar-refractivity contribution in [2.45, 2.75) is 170 Å². The van der Waals surface area contributed by atoms with E-state index in [9.17, 15) is 0 Å². The van der Waals surface area contributed by atoms with Crippen LogP contribution in [0.1, 0.15) is 170 Å². The van der Waals surface area contributed by atoms with Gasteiger partial charge in [-0.2, -0.15) is 0 Å². The van der Waals surface area contributed by atoms with Gasteiger partial charge in [-0.3, -0.25) is 0 Å². The SMILES string of the molecule is CCCCCCCCCCCCCCCCCCCCC(C)C(C)(C)C(C)=C(C)C. The van der Waals surface area contributed by atoms with Gasteiger partial charge >= 0.3 is 0 Å². The summed E-state index contributed by atoms with van der Waals surface area (Å²) in [5.41, 5.74) is 3.45. The molecule has 0 aromatic rings. The quantitative estimate of drug-likeness (QED) is 0.128. The second-order valence-corrected chi connectivity index (χ2v) is 11.0. The van der Waals surface area contributed by atoms with Crippen molar-refractivity contribution in [1.29, 1.82) is 0 Å². The summed E-state index contributed by atoms with van der Waals surface area (Å²) in [5.74, 6) is 0.786. The van der Waals surface area contributed by atoms with Crippen LogP contribution >= 0.6 is 0 Å². The number of rotatable bonds is 21. The van der Waals surface area contributed by atoms with E-state index in [0.29, 0.717) is 5.41 Å². The summed E-state index contributed by atoms with van der Waals surface area (Å²) in [4.78, 5) is 0. The molecule has 0 nitrogen and oxygen atoms in total. The number of unbranched alkanes of at least 4 members (excludes halogenated alkanes) is 17. The Hall–Kier alpha value is -0.260. The first kappa shape index (κ1) is 29.7. The van der Waals surface area contributed by atoms with Gasteiger partial charge in [0.25, 0.3) is 0 Å². The summed E-state index contributed by atoms with van der Waals surface area (Å²) in [6.45, 7) is 16.5. The standard InChI is InChI=1S/C30H60/c1-8-9-10-11-12-13-14-15-16-17-18-19-20-21-22-23-24-25-26-28(4)30(6,7)29(5)27(2)3/h28H,8-26H2,1-7H3. The van der Waals surface area contributed by atoms with Gasteiger partial charge in [0.1, 0.15) is 0 Å². The summed E-state index contributed by atoms with van der Waals surface area (Å²) >= 11 is 0. The summed E-state index contributed by atoms with van der Waals surface area (Å²) in [5, 5.41) is 0. The van der Waals surface area contributed by atoms with E-state index < -0.39 is 0 Å². The molecular weight excluding hydrogens is 360 g/mol. The lowest BCUT2D eigenvalue weighted by molar-refractivity contribution is 0.261. The predicted octanol–water partition coefficient (Wildman–Crippen LogP) is 11.4. The van der Waals surface area contributed by atoms with E-state index in [4.69, 9.17) is 0 Å². The lowest BCUT2D eigenvalue weighted by Gasteiger charge is -2.34. The maximum atomic E-state index is 2.46. The molecule has 0 N–H and O–H groups in total. The maximum Gasteiger partial charge on any atom is -0.0119 e. The van der Waals surface area contributed by atoms with Gasteiger partial charge in [-0.25, -0.2) is 0 Å². The summed E-state index contributed by atoms with van der Waals surface area (Å²) in [6, 6.07) is 0. The van der Waals surface area contributed by atoms with Gasteiger partial charge < -0.3 is 0 Å². The zero-order chi connectivity index (χ0) is 22.7. The van der Waals surface area contributed by atoms with Crippen LogP contribution in [0, 0.1) is 11.3 Å². The smallest absolute Gasteiger partial charge is 0.0119 e. The van der Waals surface area contributed by atoms with E-state index in [1.807, 2.05) is 0 Å². The number of hydrogen-bond donors (Lipinski definition) is 0. The molecule has 0 rings (SSSR count). The highest BCUT2D eigenvalue weighted by Crippen LogP contribution is 2.38. The van der Waals surface area contributed by atoms with Crippen molar-refractivity contribution in [2.24, 2.45) is 11.3 Å². The Labute approximate surface area is 193 Å². The van der Waals surface area contributed by atoms with E-state index in [1.165, 1.54) is 128 Å². The fourth-order valence-corrected chi connectivity index (χ4v) is 4.73. The minimum absolute atomic E-state index is 0.355. The molecule has 0 amide bonds. The molecule has 0 spiro atoms. The second kappa shape index (κ2) is 19.4. The van der Waals surface area contributed by atoms with Crippen LogP contribution in [-0.4, -0.2) is 0 Å². The predicted molar refractivity (Wildman–Crippen MR) is 140 cm³/mol. The monoisotopic (exact) mass is 420 g/mol. The van der Waals surface area contributed by atoms with Gasteiger partial charge in [-0.05, 0) is 38.5 Å². The lowest BCUT2D eigenvalue weighted by Crippen LogP contribution is -2.23. The Morgan fingerprint density at radius 3 is 1.13 bits per heavy atom. The van der Waals surface area contributed by atoms with Crippen molar-refractivity contribution in [2.75, 3.05) is 0 Å². The fourth-order valence-electron chi connectivity index (χ4n) is 4.73. The Morgan fingerprint density at radius 2 is 0.833 bits per heavy atom. The lowest BCUT2D eigenvalue weighted by atomic mass is 9.71. The van der Waals surface area contributed by atoms with E-state index in [0.717, 1.165) is 5.92 Å². The van der Waals surface area contributed by atoms with Crippen molar-refractivity contribution < 1.29 is 0 Å². The van der Waals surface area contributed by atoms with Crippen LogP contribution in [0.5, 0.6) is 0 Å². The van der Waals surface area contributed by atoms with Crippen molar-refractivity contribution in [3.63, 3.8) is 0 Å². The Morgan fingerprint density at radius 1 is 0.533 bits per heavy atom. The molecule has 0 heterocycles. The second-order valence-electron chi connectivity index (χ2n) is 11.0. The summed E-state index contributed by atoms with van der Waals surface area (Å²) < 4.78 is 0. The number of hydrogen-bond acceptors (Lipinski definition) is 0. The first-order valence-corrected chi connectivity index (χ1v) is 14.0. The van der Waals surface area contributed by atoms with Gasteiger partial charge in [0, 0.05) is 0 Å². The third kappa shape index (κ3) is 15.5. The van der Waals surface area contributed by atoms with Crippen LogP contribution in [-0.2, 0) is 0 Å². The average molecular weight is 421 g/mol. The highest BCUT2D eigenvalue weighted by atomic mass is 14.3. The minimum atomic E-state index is 0.355. The average Bonchev–Trinajstić information content (AvgIpc) is 2.71. The zero-order valence-electron chi connectivity index (χ0n) is 22.5. The first-order chi connectivity index (χ1) is 14.3. The molecule has 1 atom stereocenters. The van der Waals surface area contributed by atoms with Gasteiger partial charge in [0.2, 0.25) is 0 Å². The molecule has 0 saturated carbocycles. The van der Waals surface area contributed by atoms with Gasteiger partial charge in [-0.15, -0.1) is 0 Å². The van der Waals surface area contributed by atoms with Crippen LogP contribution in [0.25, 0.3) is 0 Å². The van der Waals surface area contributed by atoms with Gasteiger partial charge in [0.15, 0.2) is 0 Å². The van der Waals surface area contributed by atoms with Crippen molar-refractivity contribution in [3.8, 4) is 0 Å². The minimum Gasteiger partial charge on any atom is -0.0770 e. The molecule has 30 heavy (non-hydrogen) atoms. The third-order valence-corrected chi connectivity index (χ3v) is 7.94. The van der Waals surface area contributed by atoms with Crippen LogP contribution in [0.15, 0.2) is 11.1 Å². The Kier molecular flexibility index (Phi) is 19.3. The summed E-state index contributed by atoms with van der Waals surface area (Å²) in [6.07, 6.45) is 27.7. The number of allylic oxidation sites excluding steroid dienone is 2. The largest absolute Gasteiger partial charge is 0.0770 e. The van der Waals surface area contributed by atoms with Crippen LogP contribution in [0.2, 0.25) is 0 Å². The molecule has 0 aliphatic carbocycles. The molecular formula is C30H60. The normalized spacial score (nSPS) is 12.9. The Balaban J connectivity index is 3.38. The summed E-state index contributed by atoms with van der Waals surface area (Å²) in [7, 11) is 0. The van der Waals surface area contributed by atoms with E-state index in [1.54, 1.807) is 5.57 Å². The highest BCUT2D eigenvalue weighted by molar-refractivity contribution is 5.16.